The molecule has 1 atom stereocenters. The largest absolute Gasteiger partial charge is 0.230 e. The summed E-state index contributed by atoms with van der Waals surface area (Å²) in [5.41, 5.74) is 0.861. The molecule has 0 radical (unpaired) electrons. The Morgan fingerprint density at radius 1 is 1.07 bits per heavy atom. The van der Waals surface area contributed by atoms with E-state index in [-0.39, 0.29) is 11.7 Å². The lowest BCUT2D eigenvalue weighted by atomic mass is 10.1. The van der Waals surface area contributed by atoms with E-state index in [2.05, 4.69) is 0 Å². The molecular weight excluding hydrogens is 176 g/mol. The highest BCUT2D eigenvalue weighted by Crippen LogP contribution is 2.19. The molecule has 0 heterocycles. The van der Waals surface area contributed by atoms with Crippen LogP contribution in [-0.2, 0) is 9.78 Å². The molecule has 2 nitrogen and oxygen atoms in total. The lowest BCUT2D eigenvalue weighted by Gasteiger charge is -2.21. The van der Waals surface area contributed by atoms with Gasteiger partial charge >= 0.3 is 0 Å². The Hall–Kier alpha value is -0.860. The van der Waals surface area contributed by atoms with Crippen LogP contribution in [0.15, 0.2) is 30.3 Å². The van der Waals surface area contributed by atoms with E-state index in [0.29, 0.717) is 0 Å². The Kier molecular flexibility index (Phi) is 3.67. The third-order valence-corrected chi connectivity index (χ3v) is 1.71. The summed E-state index contributed by atoms with van der Waals surface area (Å²) in [5, 5.41) is 0. The van der Waals surface area contributed by atoms with E-state index in [9.17, 15) is 0 Å². The predicted octanol–water partition coefficient (Wildman–Crippen LogP) is 3.49. The average molecular weight is 194 g/mol. The smallest absolute Gasteiger partial charge is 0.115 e. The van der Waals surface area contributed by atoms with Crippen molar-refractivity contribution in [2.45, 2.75) is 39.4 Å². The van der Waals surface area contributed by atoms with Gasteiger partial charge in [-0.3, -0.25) is 0 Å². The maximum absolute atomic E-state index is 5.29. The molecule has 0 spiro atoms. The van der Waals surface area contributed by atoms with E-state index in [1.165, 1.54) is 0 Å². The molecule has 14 heavy (non-hydrogen) atoms. The molecule has 1 aromatic rings. The van der Waals surface area contributed by atoms with E-state index < -0.39 is 0 Å². The third kappa shape index (κ3) is 3.90. The Balaban J connectivity index is 2.48. The molecule has 0 amide bonds. The molecule has 0 N–H and O–H groups in total. The SMILES string of the molecule is C[C@@H](OOC(C)(C)C)c1ccccc1. The second-order valence-electron chi connectivity index (χ2n) is 4.34. The van der Waals surface area contributed by atoms with Gasteiger partial charge in [-0.25, -0.2) is 9.78 Å². The predicted molar refractivity (Wildman–Crippen MR) is 56.8 cm³/mol. The highest BCUT2D eigenvalue weighted by atomic mass is 17.2. The van der Waals surface area contributed by atoms with Crippen molar-refractivity contribution in [2.75, 3.05) is 0 Å². The van der Waals surface area contributed by atoms with Crippen molar-refractivity contribution in [3.05, 3.63) is 35.9 Å². The van der Waals surface area contributed by atoms with Gasteiger partial charge in [0.05, 0.1) is 5.60 Å². The quantitative estimate of drug-likeness (QED) is 0.541. The molecule has 0 saturated heterocycles. The van der Waals surface area contributed by atoms with Crippen molar-refractivity contribution in [2.24, 2.45) is 0 Å². The van der Waals surface area contributed by atoms with Crippen molar-refractivity contribution < 1.29 is 9.78 Å². The zero-order chi connectivity index (χ0) is 10.6. The molecule has 0 aliphatic heterocycles. The monoisotopic (exact) mass is 194 g/mol. The van der Waals surface area contributed by atoms with Gasteiger partial charge in [0.25, 0.3) is 0 Å². The van der Waals surface area contributed by atoms with Crippen LogP contribution >= 0.6 is 0 Å². The van der Waals surface area contributed by atoms with Crippen LogP contribution in [0.1, 0.15) is 39.4 Å². The summed E-state index contributed by atoms with van der Waals surface area (Å²) in [6.07, 6.45) is -0.0320. The van der Waals surface area contributed by atoms with Crippen LogP contribution < -0.4 is 0 Å². The van der Waals surface area contributed by atoms with Gasteiger partial charge in [-0.15, -0.1) is 0 Å². The van der Waals surface area contributed by atoms with E-state index in [1.807, 2.05) is 58.0 Å². The van der Waals surface area contributed by atoms with Crippen molar-refractivity contribution in [1.82, 2.24) is 0 Å². The fourth-order valence-corrected chi connectivity index (χ4v) is 0.996. The van der Waals surface area contributed by atoms with Crippen molar-refractivity contribution in [3.63, 3.8) is 0 Å². The van der Waals surface area contributed by atoms with Gasteiger partial charge in [-0.2, -0.15) is 0 Å². The Bertz CT molecular complexity index is 261. The summed E-state index contributed by atoms with van der Waals surface area (Å²) >= 11 is 0. The van der Waals surface area contributed by atoms with Crippen LogP contribution in [0.5, 0.6) is 0 Å². The maximum atomic E-state index is 5.29. The van der Waals surface area contributed by atoms with E-state index in [1.54, 1.807) is 0 Å². The normalized spacial score (nSPS) is 14.0. The topological polar surface area (TPSA) is 18.5 Å². The zero-order valence-electron chi connectivity index (χ0n) is 9.28. The highest BCUT2D eigenvalue weighted by Gasteiger charge is 2.14. The molecule has 1 rings (SSSR count). The fourth-order valence-electron chi connectivity index (χ4n) is 0.996. The van der Waals surface area contributed by atoms with Crippen LogP contribution in [0.25, 0.3) is 0 Å². The van der Waals surface area contributed by atoms with Gasteiger partial charge in [0.1, 0.15) is 6.10 Å². The molecule has 0 aliphatic carbocycles. The van der Waals surface area contributed by atoms with Gasteiger partial charge in [0.15, 0.2) is 0 Å². The summed E-state index contributed by atoms with van der Waals surface area (Å²) in [6, 6.07) is 10.0. The molecule has 0 aliphatic rings. The molecule has 0 saturated carbocycles. The number of hydrogen-bond acceptors (Lipinski definition) is 2. The first-order valence-electron chi connectivity index (χ1n) is 4.88. The second kappa shape index (κ2) is 4.58. The van der Waals surface area contributed by atoms with Crippen molar-refractivity contribution >= 4 is 0 Å². The Morgan fingerprint density at radius 2 is 1.64 bits per heavy atom. The molecule has 0 aromatic heterocycles. The summed E-state index contributed by atoms with van der Waals surface area (Å²) < 4.78 is 0. The van der Waals surface area contributed by atoms with Gasteiger partial charge in [0, 0.05) is 0 Å². The summed E-state index contributed by atoms with van der Waals surface area (Å²) in [4.78, 5) is 10.5. The Labute approximate surface area is 85.8 Å². The van der Waals surface area contributed by atoms with E-state index >= 15 is 0 Å². The minimum absolute atomic E-state index is 0.0320. The van der Waals surface area contributed by atoms with E-state index in [4.69, 9.17) is 9.78 Å². The first-order valence-corrected chi connectivity index (χ1v) is 4.88. The number of benzene rings is 1. The molecule has 1 aromatic carbocycles. The maximum Gasteiger partial charge on any atom is 0.115 e. The summed E-state index contributed by atoms with van der Waals surface area (Å²) in [5.74, 6) is 0. The minimum Gasteiger partial charge on any atom is -0.230 e. The molecule has 78 valence electrons. The van der Waals surface area contributed by atoms with E-state index in [0.717, 1.165) is 5.56 Å². The Morgan fingerprint density at radius 3 is 2.14 bits per heavy atom. The summed E-state index contributed by atoms with van der Waals surface area (Å²) in [7, 11) is 0. The minimum atomic E-state index is -0.261. The summed E-state index contributed by atoms with van der Waals surface area (Å²) in [6.45, 7) is 7.86. The first kappa shape index (κ1) is 11.2. The lowest BCUT2D eigenvalue weighted by molar-refractivity contribution is -0.372. The fraction of sp³-hybridized carbons (Fsp3) is 0.500. The molecule has 0 fully saturated rings. The van der Waals surface area contributed by atoms with Crippen LogP contribution in [0.2, 0.25) is 0 Å². The zero-order valence-corrected chi connectivity index (χ0v) is 9.28. The van der Waals surface area contributed by atoms with Crippen LogP contribution in [0.3, 0.4) is 0 Å². The lowest BCUT2D eigenvalue weighted by Crippen LogP contribution is -2.20. The highest BCUT2D eigenvalue weighted by molar-refractivity contribution is 5.16. The first-order chi connectivity index (χ1) is 6.49. The second-order valence-corrected chi connectivity index (χ2v) is 4.34. The van der Waals surface area contributed by atoms with Crippen molar-refractivity contribution in [3.8, 4) is 0 Å². The molecule has 2 heteroatoms. The van der Waals surface area contributed by atoms with Crippen LogP contribution in [0.4, 0.5) is 0 Å². The van der Waals surface area contributed by atoms with Crippen LogP contribution in [-0.4, -0.2) is 5.60 Å². The molecule has 0 bridgehead atoms. The van der Waals surface area contributed by atoms with Gasteiger partial charge < -0.3 is 0 Å². The van der Waals surface area contributed by atoms with Gasteiger partial charge in [-0.1, -0.05) is 30.3 Å². The third-order valence-electron chi connectivity index (χ3n) is 1.71. The average Bonchev–Trinajstić information content (AvgIpc) is 2.14. The van der Waals surface area contributed by atoms with Gasteiger partial charge in [-0.05, 0) is 33.3 Å². The molecular formula is C12H18O2. The van der Waals surface area contributed by atoms with Crippen molar-refractivity contribution in [1.29, 1.82) is 0 Å². The number of hydrogen-bond donors (Lipinski definition) is 0. The molecule has 0 unspecified atom stereocenters. The standard InChI is InChI=1S/C12H18O2/c1-10(13-14-12(2,3)4)11-8-6-5-7-9-11/h5-10H,1-4H3/t10-/m1/s1. The van der Waals surface area contributed by atoms with Gasteiger partial charge in [0.2, 0.25) is 0 Å². The number of rotatable bonds is 3. The van der Waals surface area contributed by atoms with Crippen LogP contribution in [0, 0.1) is 0 Å².